The number of benzene rings is 2. The molecule has 0 aliphatic heterocycles. The highest BCUT2D eigenvalue weighted by Crippen LogP contribution is 2.44. The van der Waals surface area contributed by atoms with Crippen LogP contribution in [0.25, 0.3) is 22.5 Å². The summed E-state index contributed by atoms with van der Waals surface area (Å²) in [7, 11) is -4.30. The summed E-state index contributed by atoms with van der Waals surface area (Å²) in [5.74, 6) is -0.385. The number of aliphatic hydroxyl groups excluding tert-OH is 1. The Morgan fingerprint density at radius 1 is 1.07 bits per heavy atom. The lowest BCUT2D eigenvalue weighted by Gasteiger charge is -2.40. The summed E-state index contributed by atoms with van der Waals surface area (Å²) in [6, 6.07) is 14.2. The van der Waals surface area contributed by atoms with Gasteiger partial charge in [-0.25, -0.2) is 22.5 Å². The predicted molar refractivity (Wildman–Crippen MR) is 153 cm³/mol. The summed E-state index contributed by atoms with van der Waals surface area (Å²) in [4.78, 5) is 2.81. The largest absolute Gasteiger partial charge is 0.435 e. The van der Waals surface area contributed by atoms with Crippen LogP contribution in [0, 0.1) is 13.8 Å². The van der Waals surface area contributed by atoms with Gasteiger partial charge in [0.15, 0.2) is 15.5 Å². The number of allylic oxidation sites excluding steroid dienone is 3. The highest BCUT2D eigenvalue weighted by molar-refractivity contribution is 7.94. The number of hydrogen-bond donors (Lipinski definition) is 1. The molecule has 0 fully saturated rings. The van der Waals surface area contributed by atoms with Gasteiger partial charge >= 0.3 is 12.8 Å². The van der Waals surface area contributed by atoms with Crippen LogP contribution in [0.4, 0.5) is 26.3 Å². The van der Waals surface area contributed by atoms with Gasteiger partial charge in [-0.3, -0.25) is 0 Å². The molecule has 1 aliphatic carbocycles. The number of halogens is 6. The molecular formula is C30H26F6N4O4S. The Kier molecular flexibility index (Phi) is 8.21. The summed E-state index contributed by atoms with van der Waals surface area (Å²) in [6.07, 6.45) is -3.72. The first kappa shape index (κ1) is 32.0. The molecule has 1 N–H and O–H groups in total. The zero-order valence-corrected chi connectivity index (χ0v) is 24.7. The molecule has 238 valence electrons. The van der Waals surface area contributed by atoms with Crippen molar-refractivity contribution in [3.63, 3.8) is 0 Å². The normalized spacial score (nSPS) is 19.0. The number of sulfone groups is 1. The van der Waals surface area contributed by atoms with E-state index in [1.807, 2.05) is 0 Å². The van der Waals surface area contributed by atoms with Gasteiger partial charge in [0.25, 0.3) is 0 Å². The molecule has 8 nitrogen and oxygen atoms in total. The maximum atomic E-state index is 16.3. The number of rotatable bonds is 8. The monoisotopic (exact) mass is 652 g/mol. The van der Waals surface area contributed by atoms with Gasteiger partial charge in [0, 0.05) is 18.0 Å². The van der Waals surface area contributed by atoms with E-state index in [1.54, 1.807) is 41.9 Å². The van der Waals surface area contributed by atoms with Crippen molar-refractivity contribution in [2.24, 2.45) is 0 Å². The fraction of sp³-hybridized carbons (Fsp3) is 0.267. The molecule has 0 amide bonds. The quantitative estimate of drug-likeness (QED) is 0.234. The molecule has 0 saturated heterocycles. The number of aryl methyl sites for hydroxylation is 2. The van der Waals surface area contributed by atoms with Crippen molar-refractivity contribution in [3.8, 4) is 22.7 Å². The average Bonchev–Trinajstić information content (AvgIpc) is 3.55. The highest BCUT2D eigenvalue weighted by atomic mass is 32.2. The zero-order chi connectivity index (χ0) is 32.9. The summed E-state index contributed by atoms with van der Waals surface area (Å²) in [6.45, 7) is -1.26. The van der Waals surface area contributed by atoms with Crippen LogP contribution < -0.4 is 4.74 Å². The fourth-order valence-corrected chi connectivity index (χ4v) is 6.65. The number of imidazole rings is 1. The van der Waals surface area contributed by atoms with Crippen LogP contribution in [0.3, 0.4) is 0 Å². The lowest BCUT2D eigenvalue weighted by molar-refractivity contribution is -0.141. The lowest BCUT2D eigenvalue weighted by Crippen LogP contribution is -2.50. The molecule has 2 unspecified atom stereocenters. The summed E-state index contributed by atoms with van der Waals surface area (Å²) in [5.41, 5.74) is -1.05. The van der Waals surface area contributed by atoms with Crippen LogP contribution in [0.15, 0.2) is 77.9 Å². The van der Waals surface area contributed by atoms with Crippen molar-refractivity contribution >= 4 is 15.4 Å². The standard InChI is InChI=1S/C30H26F6N4O4S/c1-17-11-24(40(38-17)22-7-9-23(10-8-22)44-28(32)33)20-6-4-5-19(12-20)21-13-25(31)29(16-41,27(14-21)45(3,42)43)39-15-26(30(34,35)36)37-18(39)2/h4-15,25,28,41H,16H2,1-3H3. The van der Waals surface area contributed by atoms with Crippen LogP contribution in [-0.2, 0) is 21.6 Å². The summed E-state index contributed by atoms with van der Waals surface area (Å²) in [5, 5.41) is 14.9. The van der Waals surface area contributed by atoms with Gasteiger partial charge in [-0.15, -0.1) is 0 Å². The molecular weight excluding hydrogens is 626 g/mol. The minimum absolute atomic E-state index is 0.0425. The molecule has 0 bridgehead atoms. The number of nitrogens with zero attached hydrogens (tertiary/aromatic N) is 4. The van der Waals surface area contributed by atoms with E-state index in [0.717, 1.165) is 29.9 Å². The predicted octanol–water partition coefficient (Wildman–Crippen LogP) is 6.02. The first-order valence-corrected chi connectivity index (χ1v) is 15.2. The molecule has 2 aromatic heterocycles. The number of alkyl halides is 6. The SMILES string of the molecule is Cc1cc(-c2cccc(C3=CC(F)C(CO)(n4cc(C(F)(F)F)nc4C)C(S(C)(=O)=O)=C3)c2)n(-c2ccc(OC(F)F)cc2)n1. The van der Waals surface area contributed by atoms with E-state index in [2.05, 4.69) is 14.8 Å². The molecule has 4 aromatic rings. The first-order valence-electron chi connectivity index (χ1n) is 13.3. The van der Waals surface area contributed by atoms with E-state index in [0.29, 0.717) is 34.4 Å². The number of hydrogen-bond acceptors (Lipinski definition) is 6. The number of ether oxygens (including phenoxy) is 1. The van der Waals surface area contributed by atoms with Crippen LogP contribution in [-0.4, -0.2) is 58.5 Å². The third-order valence-corrected chi connectivity index (χ3v) is 8.64. The third kappa shape index (κ3) is 6.01. The molecule has 2 aromatic carbocycles. The summed E-state index contributed by atoms with van der Waals surface area (Å²) >= 11 is 0. The molecule has 5 rings (SSSR count). The molecule has 2 heterocycles. The number of aliphatic hydroxyl groups is 1. The Balaban J connectivity index is 1.59. The van der Waals surface area contributed by atoms with Crippen LogP contribution >= 0.6 is 0 Å². The molecule has 0 spiro atoms. The van der Waals surface area contributed by atoms with Gasteiger partial charge in [-0.2, -0.15) is 27.1 Å². The van der Waals surface area contributed by atoms with Crippen molar-refractivity contribution in [1.29, 1.82) is 0 Å². The lowest BCUT2D eigenvalue weighted by atomic mass is 9.84. The van der Waals surface area contributed by atoms with Gasteiger partial charge in [0.2, 0.25) is 0 Å². The van der Waals surface area contributed by atoms with E-state index in [4.69, 9.17) is 0 Å². The summed E-state index contributed by atoms with van der Waals surface area (Å²) < 4.78 is 115. The van der Waals surface area contributed by atoms with Gasteiger partial charge in [-0.1, -0.05) is 18.2 Å². The van der Waals surface area contributed by atoms with E-state index in [9.17, 15) is 35.5 Å². The Hall–Kier alpha value is -4.37. The van der Waals surface area contributed by atoms with Crippen LogP contribution in [0.2, 0.25) is 0 Å². The fourth-order valence-electron chi connectivity index (χ4n) is 5.39. The van der Waals surface area contributed by atoms with Gasteiger partial charge < -0.3 is 14.4 Å². The second-order valence-corrected chi connectivity index (χ2v) is 12.4. The maximum Gasteiger partial charge on any atom is 0.434 e. The van der Waals surface area contributed by atoms with E-state index in [-0.39, 0.29) is 17.1 Å². The second kappa shape index (κ2) is 11.5. The highest BCUT2D eigenvalue weighted by Gasteiger charge is 2.51. The molecule has 1 aliphatic rings. The van der Waals surface area contributed by atoms with E-state index >= 15 is 4.39 Å². The smallest absolute Gasteiger partial charge is 0.434 e. The minimum atomic E-state index is -4.89. The maximum absolute atomic E-state index is 16.3. The Bertz CT molecular complexity index is 1910. The van der Waals surface area contributed by atoms with Gasteiger partial charge in [0.05, 0.1) is 28.6 Å². The third-order valence-electron chi connectivity index (χ3n) is 7.37. The van der Waals surface area contributed by atoms with Crippen LogP contribution in [0.1, 0.15) is 22.8 Å². The Morgan fingerprint density at radius 3 is 2.31 bits per heavy atom. The molecule has 0 saturated carbocycles. The Labute approximate surface area is 253 Å². The average molecular weight is 653 g/mol. The zero-order valence-electron chi connectivity index (χ0n) is 23.9. The van der Waals surface area contributed by atoms with Crippen LogP contribution in [0.5, 0.6) is 5.75 Å². The first-order chi connectivity index (χ1) is 21.0. The second-order valence-electron chi connectivity index (χ2n) is 10.5. The van der Waals surface area contributed by atoms with Gasteiger partial charge in [0.1, 0.15) is 23.3 Å². The molecule has 2 atom stereocenters. The molecule has 45 heavy (non-hydrogen) atoms. The van der Waals surface area contributed by atoms with E-state index < -0.39 is 51.5 Å². The number of aromatic nitrogens is 4. The van der Waals surface area contributed by atoms with Crippen molar-refractivity contribution < 1.29 is 44.6 Å². The molecule has 0 radical (unpaired) electrons. The minimum Gasteiger partial charge on any atom is -0.435 e. The van der Waals surface area contributed by atoms with Crippen molar-refractivity contribution in [2.45, 2.75) is 38.3 Å². The van der Waals surface area contributed by atoms with Crippen molar-refractivity contribution in [3.05, 3.63) is 101 Å². The van der Waals surface area contributed by atoms with Crippen molar-refractivity contribution in [1.82, 2.24) is 19.3 Å². The topological polar surface area (TPSA) is 99.2 Å². The Morgan fingerprint density at radius 2 is 1.73 bits per heavy atom. The van der Waals surface area contributed by atoms with Gasteiger partial charge in [-0.05, 0) is 73.5 Å². The van der Waals surface area contributed by atoms with Crippen molar-refractivity contribution in [2.75, 3.05) is 12.9 Å². The molecule has 15 heteroatoms. The van der Waals surface area contributed by atoms with E-state index in [1.165, 1.54) is 24.3 Å².